The predicted molar refractivity (Wildman–Crippen MR) is 46.6 cm³/mol. The molecule has 0 radical (unpaired) electrons. The highest BCUT2D eigenvalue weighted by Crippen LogP contribution is 1.98. The lowest BCUT2D eigenvalue weighted by Crippen LogP contribution is -2.47. The third-order valence-corrected chi connectivity index (χ3v) is 1.97. The molecule has 74 valence electrons. The lowest BCUT2D eigenvalue weighted by atomic mass is 10.2. The molecule has 1 saturated heterocycles. The summed E-state index contributed by atoms with van der Waals surface area (Å²) in [5.74, 6) is -0.519. The van der Waals surface area contributed by atoms with E-state index in [1.165, 1.54) is 0 Å². The molecule has 2 amide bonds. The summed E-state index contributed by atoms with van der Waals surface area (Å²) in [4.78, 5) is 21.3. The Bertz CT molecular complexity index is 219. The van der Waals surface area contributed by atoms with Crippen LogP contribution in [0.3, 0.4) is 0 Å². The van der Waals surface area contributed by atoms with E-state index >= 15 is 0 Å². The Hall–Kier alpha value is -1.14. The molecule has 0 spiro atoms. The molecule has 6 N–H and O–H groups in total. The Morgan fingerprint density at radius 1 is 1.77 bits per heavy atom. The van der Waals surface area contributed by atoms with Crippen molar-refractivity contribution < 1.29 is 9.59 Å². The minimum absolute atomic E-state index is 0.0187. The number of hydrogen-bond donors (Lipinski definition) is 4. The molecule has 0 aromatic heterocycles. The van der Waals surface area contributed by atoms with Crippen LogP contribution in [0.15, 0.2) is 0 Å². The van der Waals surface area contributed by atoms with Crippen molar-refractivity contribution in [1.29, 1.82) is 0 Å². The summed E-state index contributed by atoms with van der Waals surface area (Å²) in [5, 5.41) is 5.65. The number of rotatable bonds is 4. The first-order valence-electron chi connectivity index (χ1n) is 4.14. The number of carbonyl (C=O) groups is 2. The molecular weight excluding hydrogens is 172 g/mol. The number of nitrogens with two attached hydrogens (primary N) is 2. The van der Waals surface area contributed by atoms with Gasteiger partial charge in [-0.25, -0.2) is 0 Å². The van der Waals surface area contributed by atoms with Crippen molar-refractivity contribution in [3.05, 3.63) is 0 Å². The fraction of sp³-hybridized carbons (Fsp3) is 0.714. The van der Waals surface area contributed by atoms with Crippen LogP contribution in [-0.2, 0) is 9.59 Å². The lowest BCUT2D eigenvalue weighted by molar-refractivity contribution is -0.119. The van der Waals surface area contributed by atoms with Crippen LogP contribution < -0.4 is 22.1 Å². The standard InChI is InChI=1S/C7H14N4O2/c8-5(7(9)13)3-10-4-1-6(12)11-2-4/h4-5,10H,1-3,8H2,(H2,9,13)(H,11,12). The van der Waals surface area contributed by atoms with E-state index in [1.807, 2.05) is 0 Å². The zero-order valence-electron chi connectivity index (χ0n) is 7.25. The molecule has 0 aromatic rings. The zero-order valence-corrected chi connectivity index (χ0v) is 7.25. The first-order chi connectivity index (χ1) is 6.09. The van der Waals surface area contributed by atoms with E-state index in [1.54, 1.807) is 0 Å². The normalized spacial score (nSPS) is 24.1. The van der Waals surface area contributed by atoms with E-state index in [0.717, 1.165) is 0 Å². The first-order valence-corrected chi connectivity index (χ1v) is 4.14. The second-order valence-corrected chi connectivity index (χ2v) is 3.12. The Morgan fingerprint density at radius 2 is 2.46 bits per heavy atom. The summed E-state index contributed by atoms with van der Waals surface area (Å²) in [6, 6.07) is -0.617. The van der Waals surface area contributed by atoms with E-state index in [4.69, 9.17) is 11.5 Å². The van der Waals surface area contributed by atoms with Crippen molar-refractivity contribution in [1.82, 2.24) is 10.6 Å². The van der Waals surface area contributed by atoms with Gasteiger partial charge in [0.15, 0.2) is 0 Å². The molecule has 0 bridgehead atoms. The monoisotopic (exact) mass is 186 g/mol. The molecular formula is C7H14N4O2. The number of primary amides is 1. The van der Waals surface area contributed by atoms with Gasteiger partial charge in [-0.2, -0.15) is 0 Å². The predicted octanol–water partition coefficient (Wildman–Crippen LogP) is -2.72. The molecule has 6 nitrogen and oxygen atoms in total. The summed E-state index contributed by atoms with van der Waals surface area (Å²) in [6.07, 6.45) is 0.436. The quantitative estimate of drug-likeness (QED) is 0.382. The van der Waals surface area contributed by atoms with E-state index in [0.29, 0.717) is 19.5 Å². The fourth-order valence-electron chi connectivity index (χ4n) is 1.14. The van der Waals surface area contributed by atoms with E-state index < -0.39 is 11.9 Å². The van der Waals surface area contributed by atoms with Gasteiger partial charge in [0.1, 0.15) is 0 Å². The van der Waals surface area contributed by atoms with E-state index in [2.05, 4.69) is 10.6 Å². The maximum atomic E-state index is 10.8. The van der Waals surface area contributed by atoms with Crippen molar-refractivity contribution in [2.75, 3.05) is 13.1 Å². The van der Waals surface area contributed by atoms with Crippen LogP contribution in [0, 0.1) is 0 Å². The van der Waals surface area contributed by atoms with Crippen LogP contribution in [-0.4, -0.2) is 37.0 Å². The molecule has 6 heteroatoms. The van der Waals surface area contributed by atoms with Gasteiger partial charge in [-0.3, -0.25) is 9.59 Å². The van der Waals surface area contributed by atoms with Crippen molar-refractivity contribution in [2.45, 2.75) is 18.5 Å². The molecule has 1 rings (SSSR count). The third-order valence-electron chi connectivity index (χ3n) is 1.97. The molecule has 0 aliphatic carbocycles. The molecule has 1 aliphatic rings. The number of carbonyl (C=O) groups excluding carboxylic acids is 2. The minimum atomic E-state index is -0.685. The van der Waals surface area contributed by atoms with Gasteiger partial charge in [-0.05, 0) is 0 Å². The first kappa shape index (κ1) is 9.94. The summed E-state index contributed by atoms with van der Waals surface area (Å²) < 4.78 is 0. The topological polar surface area (TPSA) is 110 Å². The van der Waals surface area contributed by atoms with Gasteiger partial charge in [0.2, 0.25) is 11.8 Å². The van der Waals surface area contributed by atoms with Crippen LogP contribution in [0.2, 0.25) is 0 Å². The fourth-order valence-corrected chi connectivity index (χ4v) is 1.14. The van der Waals surface area contributed by atoms with Crippen LogP contribution in [0.1, 0.15) is 6.42 Å². The van der Waals surface area contributed by atoms with E-state index in [9.17, 15) is 9.59 Å². The van der Waals surface area contributed by atoms with Crippen molar-refractivity contribution in [3.8, 4) is 0 Å². The van der Waals surface area contributed by atoms with Gasteiger partial charge in [0, 0.05) is 25.6 Å². The van der Waals surface area contributed by atoms with E-state index in [-0.39, 0.29) is 11.9 Å². The average Bonchev–Trinajstić information content (AvgIpc) is 2.47. The summed E-state index contributed by atoms with van der Waals surface area (Å²) in [7, 11) is 0. The second kappa shape index (κ2) is 4.20. The van der Waals surface area contributed by atoms with Gasteiger partial charge in [-0.1, -0.05) is 0 Å². The number of amides is 2. The number of hydrogen-bond acceptors (Lipinski definition) is 4. The maximum Gasteiger partial charge on any atom is 0.235 e. The van der Waals surface area contributed by atoms with Gasteiger partial charge in [0.25, 0.3) is 0 Å². The smallest absolute Gasteiger partial charge is 0.235 e. The van der Waals surface area contributed by atoms with Crippen LogP contribution >= 0.6 is 0 Å². The van der Waals surface area contributed by atoms with Gasteiger partial charge in [0.05, 0.1) is 6.04 Å². The minimum Gasteiger partial charge on any atom is -0.368 e. The highest BCUT2D eigenvalue weighted by atomic mass is 16.2. The summed E-state index contributed by atoms with van der Waals surface area (Å²) >= 11 is 0. The molecule has 0 aromatic carbocycles. The Kier molecular flexibility index (Phi) is 3.21. The second-order valence-electron chi connectivity index (χ2n) is 3.12. The van der Waals surface area contributed by atoms with Crippen molar-refractivity contribution in [2.24, 2.45) is 11.5 Å². The van der Waals surface area contributed by atoms with Crippen molar-refractivity contribution >= 4 is 11.8 Å². The summed E-state index contributed by atoms with van der Waals surface area (Å²) in [6.45, 7) is 0.902. The van der Waals surface area contributed by atoms with Crippen molar-refractivity contribution in [3.63, 3.8) is 0 Å². The highest BCUT2D eigenvalue weighted by Gasteiger charge is 2.21. The van der Waals surface area contributed by atoms with Gasteiger partial charge in [-0.15, -0.1) is 0 Å². The summed E-state index contributed by atoms with van der Waals surface area (Å²) in [5.41, 5.74) is 10.3. The molecule has 1 aliphatic heterocycles. The molecule has 1 heterocycles. The lowest BCUT2D eigenvalue weighted by Gasteiger charge is -2.12. The maximum absolute atomic E-state index is 10.8. The molecule has 1 fully saturated rings. The van der Waals surface area contributed by atoms with Crippen LogP contribution in [0.4, 0.5) is 0 Å². The molecule has 13 heavy (non-hydrogen) atoms. The largest absolute Gasteiger partial charge is 0.368 e. The Morgan fingerprint density at radius 3 is 2.92 bits per heavy atom. The van der Waals surface area contributed by atoms with Gasteiger partial charge >= 0.3 is 0 Å². The Labute approximate surface area is 76.0 Å². The third kappa shape index (κ3) is 3.00. The van der Waals surface area contributed by atoms with Gasteiger partial charge < -0.3 is 22.1 Å². The molecule has 0 saturated carbocycles. The average molecular weight is 186 g/mol. The zero-order chi connectivity index (χ0) is 9.84. The Balaban J connectivity index is 2.19. The molecule has 2 unspecified atom stereocenters. The molecule has 2 atom stereocenters. The number of nitrogens with one attached hydrogen (secondary N) is 2. The van der Waals surface area contributed by atoms with Crippen LogP contribution in [0.5, 0.6) is 0 Å². The SMILES string of the molecule is NC(=O)C(N)CNC1CNC(=O)C1. The van der Waals surface area contributed by atoms with Crippen LogP contribution in [0.25, 0.3) is 0 Å². The highest BCUT2D eigenvalue weighted by molar-refractivity contribution is 5.80.